The SMILES string of the molecule is COc1ccccc1NC(=S)N1CCCC[C@H]1CO. The zero-order chi connectivity index (χ0) is 13.7. The number of ether oxygens (including phenoxy) is 1. The van der Waals surface area contributed by atoms with Crippen molar-refractivity contribution in [3.8, 4) is 5.75 Å². The number of aliphatic hydroxyl groups is 1. The Balaban J connectivity index is 2.07. The van der Waals surface area contributed by atoms with Gasteiger partial charge in [0.15, 0.2) is 5.11 Å². The number of piperidine rings is 1. The predicted octanol–water partition coefficient (Wildman–Crippen LogP) is 2.24. The average Bonchev–Trinajstić information content (AvgIpc) is 2.47. The van der Waals surface area contributed by atoms with Gasteiger partial charge in [-0.1, -0.05) is 12.1 Å². The monoisotopic (exact) mass is 280 g/mol. The van der Waals surface area contributed by atoms with E-state index in [1.165, 1.54) is 0 Å². The molecule has 5 heteroatoms. The number of nitrogens with zero attached hydrogens (tertiary/aromatic N) is 1. The molecular formula is C14H20N2O2S. The van der Waals surface area contributed by atoms with Crippen LogP contribution in [-0.2, 0) is 0 Å². The number of hydrogen-bond acceptors (Lipinski definition) is 3. The average molecular weight is 280 g/mol. The lowest BCUT2D eigenvalue weighted by Crippen LogP contribution is -2.47. The molecule has 1 atom stereocenters. The van der Waals surface area contributed by atoms with Gasteiger partial charge in [0.2, 0.25) is 0 Å². The Morgan fingerprint density at radius 1 is 1.47 bits per heavy atom. The lowest BCUT2D eigenvalue weighted by atomic mass is 10.0. The summed E-state index contributed by atoms with van der Waals surface area (Å²) in [6.45, 7) is 1.04. The number of thiocarbonyl (C=S) groups is 1. The number of para-hydroxylation sites is 2. The maximum absolute atomic E-state index is 9.42. The first-order valence-corrected chi connectivity index (χ1v) is 6.98. The third-order valence-corrected chi connectivity index (χ3v) is 3.78. The van der Waals surface area contributed by atoms with Crippen molar-refractivity contribution < 1.29 is 9.84 Å². The van der Waals surface area contributed by atoms with Crippen molar-refractivity contribution in [2.45, 2.75) is 25.3 Å². The van der Waals surface area contributed by atoms with Crippen LogP contribution in [0.3, 0.4) is 0 Å². The van der Waals surface area contributed by atoms with Gasteiger partial charge in [-0.3, -0.25) is 0 Å². The van der Waals surface area contributed by atoms with Gasteiger partial charge in [-0.2, -0.15) is 0 Å². The maximum atomic E-state index is 9.42. The van der Waals surface area contributed by atoms with Gasteiger partial charge in [0.25, 0.3) is 0 Å². The van der Waals surface area contributed by atoms with Crippen molar-refractivity contribution in [2.75, 3.05) is 25.6 Å². The van der Waals surface area contributed by atoms with E-state index in [0.717, 1.165) is 37.2 Å². The van der Waals surface area contributed by atoms with Crippen LogP contribution in [0.2, 0.25) is 0 Å². The summed E-state index contributed by atoms with van der Waals surface area (Å²) >= 11 is 5.46. The summed E-state index contributed by atoms with van der Waals surface area (Å²) in [7, 11) is 1.64. The zero-order valence-electron chi connectivity index (χ0n) is 11.1. The van der Waals surface area contributed by atoms with E-state index in [1.54, 1.807) is 7.11 Å². The largest absolute Gasteiger partial charge is 0.495 e. The summed E-state index contributed by atoms with van der Waals surface area (Å²) in [5.41, 5.74) is 0.859. The smallest absolute Gasteiger partial charge is 0.173 e. The van der Waals surface area contributed by atoms with Crippen molar-refractivity contribution in [1.82, 2.24) is 4.90 Å². The molecule has 1 saturated heterocycles. The van der Waals surface area contributed by atoms with Crippen LogP contribution in [0.1, 0.15) is 19.3 Å². The summed E-state index contributed by atoms with van der Waals surface area (Å²) in [6, 6.07) is 7.81. The lowest BCUT2D eigenvalue weighted by Gasteiger charge is -2.36. The molecule has 1 heterocycles. The van der Waals surface area contributed by atoms with Crippen LogP contribution in [0.5, 0.6) is 5.75 Å². The first-order chi connectivity index (χ1) is 9.26. The highest BCUT2D eigenvalue weighted by molar-refractivity contribution is 7.80. The molecule has 1 aliphatic heterocycles. The molecule has 0 bridgehead atoms. The number of hydrogen-bond donors (Lipinski definition) is 2. The Morgan fingerprint density at radius 2 is 2.26 bits per heavy atom. The molecule has 0 saturated carbocycles. The zero-order valence-corrected chi connectivity index (χ0v) is 11.9. The number of nitrogens with one attached hydrogen (secondary N) is 1. The van der Waals surface area contributed by atoms with Gasteiger partial charge in [0.1, 0.15) is 5.75 Å². The highest BCUT2D eigenvalue weighted by Crippen LogP contribution is 2.25. The Kier molecular flexibility index (Phi) is 4.99. The van der Waals surface area contributed by atoms with Crippen molar-refractivity contribution in [1.29, 1.82) is 0 Å². The predicted molar refractivity (Wildman–Crippen MR) is 80.6 cm³/mol. The van der Waals surface area contributed by atoms with Crippen molar-refractivity contribution >= 4 is 23.0 Å². The molecule has 1 aliphatic rings. The molecule has 1 aromatic rings. The Labute approximate surface area is 119 Å². The number of anilines is 1. The van der Waals surface area contributed by atoms with E-state index >= 15 is 0 Å². The number of methoxy groups -OCH3 is 1. The molecule has 0 unspecified atom stereocenters. The molecule has 104 valence electrons. The molecule has 2 rings (SSSR count). The van der Waals surface area contributed by atoms with E-state index < -0.39 is 0 Å². The number of benzene rings is 1. The van der Waals surface area contributed by atoms with Gasteiger partial charge < -0.3 is 20.1 Å². The van der Waals surface area contributed by atoms with Crippen LogP contribution in [0.4, 0.5) is 5.69 Å². The van der Waals surface area contributed by atoms with E-state index in [0.29, 0.717) is 5.11 Å². The van der Waals surface area contributed by atoms with Gasteiger partial charge in [-0.15, -0.1) is 0 Å². The first-order valence-electron chi connectivity index (χ1n) is 6.57. The fraction of sp³-hybridized carbons (Fsp3) is 0.500. The molecule has 0 aromatic heterocycles. The van der Waals surface area contributed by atoms with Crippen LogP contribution in [0, 0.1) is 0 Å². The molecule has 1 fully saturated rings. The second-order valence-electron chi connectivity index (χ2n) is 4.66. The molecule has 0 aliphatic carbocycles. The van der Waals surface area contributed by atoms with Crippen LogP contribution in [0.15, 0.2) is 24.3 Å². The minimum atomic E-state index is 0.128. The standard InChI is InChI=1S/C14H20N2O2S/c1-18-13-8-3-2-7-12(13)15-14(19)16-9-5-4-6-11(16)10-17/h2-3,7-8,11,17H,4-6,9-10H2,1H3,(H,15,19)/t11-/m0/s1. The lowest BCUT2D eigenvalue weighted by molar-refractivity contribution is 0.149. The van der Waals surface area contributed by atoms with E-state index in [4.69, 9.17) is 17.0 Å². The van der Waals surface area contributed by atoms with Crippen molar-refractivity contribution in [2.24, 2.45) is 0 Å². The minimum absolute atomic E-state index is 0.128. The van der Waals surface area contributed by atoms with E-state index in [9.17, 15) is 5.11 Å². The summed E-state index contributed by atoms with van der Waals surface area (Å²) in [4.78, 5) is 2.07. The van der Waals surface area contributed by atoms with Crippen LogP contribution >= 0.6 is 12.2 Å². The van der Waals surface area contributed by atoms with E-state index in [-0.39, 0.29) is 12.6 Å². The quantitative estimate of drug-likeness (QED) is 0.831. The third-order valence-electron chi connectivity index (χ3n) is 3.45. The van der Waals surface area contributed by atoms with Crippen LogP contribution < -0.4 is 10.1 Å². The number of aliphatic hydroxyl groups excluding tert-OH is 1. The summed E-state index contributed by atoms with van der Waals surface area (Å²) in [5, 5.41) is 13.3. The van der Waals surface area contributed by atoms with E-state index in [2.05, 4.69) is 10.2 Å². The third kappa shape index (κ3) is 3.36. The van der Waals surface area contributed by atoms with Gasteiger partial charge in [-0.25, -0.2) is 0 Å². The molecule has 1 aromatic carbocycles. The van der Waals surface area contributed by atoms with Crippen molar-refractivity contribution in [3.63, 3.8) is 0 Å². The summed E-state index contributed by atoms with van der Waals surface area (Å²) < 4.78 is 5.30. The summed E-state index contributed by atoms with van der Waals surface area (Å²) in [6.07, 6.45) is 3.26. The van der Waals surface area contributed by atoms with Crippen molar-refractivity contribution in [3.05, 3.63) is 24.3 Å². The van der Waals surface area contributed by atoms with Gasteiger partial charge >= 0.3 is 0 Å². The number of likely N-dealkylation sites (tertiary alicyclic amines) is 1. The molecule has 4 nitrogen and oxygen atoms in total. The second kappa shape index (κ2) is 6.73. The normalized spacial score (nSPS) is 19.1. The Morgan fingerprint density at radius 3 is 3.00 bits per heavy atom. The Hall–Kier alpha value is -1.33. The molecule has 19 heavy (non-hydrogen) atoms. The molecule has 0 spiro atoms. The second-order valence-corrected chi connectivity index (χ2v) is 5.04. The molecule has 2 N–H and O–H groups in total. The maximum Gasteiger partial charge on any atom is 0.173 e. The van der Waals surface area contributed by atoms with Crippen LogP contribution in [0.25, 0.3) is 0 Å². The molecule has 0 radical (unpaired) electrons. The first kappa shape index (κ1) is 14.1. The van der Waals surface area contributed by atoms with Gasteiger partial charge in [-0.05, 0) is 43.6 Å². The summed E-state index contributed by atoms with van der Waals surface area (Å²) in [5.74, 6) is 0.766. The molecular weight excluding hydrogens is 260 g/mol. The van der Waals surface area contributed by atoms with Crippen LogP contribution in [-0.4, -0.2) is 41.4 Å². The fourth-order valence-electron chi connectivity index (χ4n) is 2.39. The highest BCUT2D eigenvalue weighted by atomic mass is 32.1. The number of rotatable bonds is 3. The fourth-order valence-corrected chi connectivity index (χ4v) is 2.74. The molecule has 0 amide bonds. The topological polar surface area (TPSA) is 44.7 Å². The van der Waals surface area contributed by atoms with Gasteiger partial charge in [0.05, 0.1) is 25.4 Å². The van der Waals surface area contributed by atoms with Gasteiger partial charge in [0, 0.05) is 6.54 Å². The highest BCUT2D eigenvalue weighted by Gasteiger charge is 2.24. The van der Waals surface area contributed by atoms with E-state index in [1.807, 2.05) is 24.3 Å². The Bertz CT molecular complexity index is 439. The minimum Gasteiger partial charge on any atom is -0.495 e.